The summed E-state index contributed by atoms with van der Waals surface area (Å²) in [5.74, 6) is 0.727. The number of nitrogens with two attached hydrogens (primary N) is 1. The first-order valence-corrected chi connectivity index (χ1v) is 9.37. The van der Waals surface area contributed by atoms with E-state index in [1.807, 2.05) is 49.5 Å². The molecule has 4 N–H and O–H groups in total. The molecule has 1 heterocycles. The van der Waals surface area contributed by atoms with Gasteiger partial charge in [0.1, 0.15) is 5.75 Å². The van der Waals surface area contributed by atoms with Gasteiger partial charge in [0.15, 0.2) is 0 Å². The summed E-state index contributed by atoms with van der Waals surface area (Å²) in [6.07, 6.45) is 3.60. The van der Waals surface area contributed by atoms with Crippen molar-refractivity contribution in [3.05, 3.63) is 65.9 Å². The van der Waals surface area contributed by atoms with Crippen molar-refractivity contribution >= 4 is 29.2 Å². The SMILES string of the molecule is CCCC(N)C(=O)NCC(c1ccc(OC)cc1)c1c[nH]c2ccccc12.Cl. The molecule has 0 aliphatic rings. The van der Waals surface area contributed by atoms with Gasteiger partial charge >= 0.3 is 0 Å². The van der Waals surface area contributed by atoms with Crippen LogP contribution in [0.25, 0.3) is 10.9 Å². The Hall–Kier alpha value is -2.50. The molecule has 150 valence electrons. The molecule has 0 saturated carbocycles. The van der Waals surface area contributed by atoms with Crippen molar-refractivity contribution < 1.29 is 9.53 Å². The van der Waals surface area contributed by atoms with Gasteiger partial charge in [-0.25, -0.2) is 0 Å². The Balaban J connectivity index is 0.00000280. The van der Waals surface area contributed by atoms with Crippen LogP contribution in [0.15, 0.2) is 54.7 Å². The van der Waals surface area contributed by atoms with Crippen LogP contribution in [0, 0.1) is 0 Å². The van der Waals surface area contributed by atoms with Crippen LogP contribution >= 0.6 is 12.4 Å². The van der Waals surface area contributed by atoms with E-state index in [-0.39, 0.29) is 24.2 Å². The normalized spacial score (nSPS) is 12.8. The number of nitrogens with one attached hydrogen (secondary N) is 2. The van der Waals surface area contributed by atoms with Crippen LogP contribution < -0.4 is 15.8 Å². The summed E-state index contributed by atoms with van der Waals surface area (Å²) in [7, 11) is 1.65. The molecule has 2 unspecified atom stereocenters. The second-order valence-electron chi connectivity index (χ2n) is 6.76. The van der Waals surface area contributed by atoms with Crippen LogP contribution in [-0.4, -0.2) is 30.6 Å². The molecule has 0 spiro atoms. The quantitative estimate of drug-likeness (QED) is 0.534. The van der Waals surface area contributed by atoms with E-state index >= 15 is 0 Å². The Bertz CT molecular complexity index is 892. The second-order valence-corrected chi connectivity index (χ2v) is 6.76. The van der Waals surface area contributed by atoms with Crippen LogP contribution in [0.2, 0.25) is 0 Å². The summed E-state index contributed by atoms with van der Waals surface area (Å²) in [6, 6.07) is 15.7. The van der Waals surface area contributed by atoms with Crippen molar-refractivity contribution in [1.82, 2.24) is 10.3 Å². The number of rotatable bonds is 8. The summed E-state index contributed by atoms with van der Waals surface area (Å²) in [5.41, 5.74) is 9.32. The molecule has 1 aromatic heterocycles. The zero-order valence-corrected chi connectivity index (χ0v) is 17.1. The standard InChI is InChI=1S/C22H27N3O2.ClH/c1-3-6-20(23)22(26)25-13-18(15-9-11-16(27-2)12-10-15)19-14-24-21-8-5-4-7-17(19)21;/h4-5,7-12,14,18,20,24H,3,6,13,23H2,1-2H3,(H,25,26);1H. The number of halogens is 1. The maximum atomic E-state index is 12.3. The number of amides is 1. The molecule has 3 rings (SSSR count). The van der Waals surface area contributed by atoms with Gasteiger partial charge in [0.25, 0.3) is 0 Å². The van der Waals surface area contributed by atoms with Crippen molar-refractivity contribution in [2.75, 3.05) is 13.7 Å². The van der Waals surface area contributed by atoms with E-state index in [0.29, 0.717) is 13.0 Å². The summed E-state index contributed by atoms with van der Waals surface area (Å²) in [4.78, 5) is 15.7. The first-order chi connectivity index (χ1) is 13.1. The van der Waals surface area contributed by atoms with Crippen molar-refractivity contribution in [2.24, 2.45) is 5.73 Å². The molecular weight excluding hydrogens is 374 g/mol. The number of hydrogen-bond donors (Lipinski definition) is 3. The van der Waals surface area contributed by atoms with Crippen molar-refractivity contribution in [3.63, 3.8) is 0 Å². The van der Waals surface area contributed by atoms with Crippen LogP contribution in [-0.2, 0) is 4.79 Å². The van der Waals surface area contributed by atoms with Gasteiger partial charge in [-0.05, 0) is 35.7 Å². The average Bonchev–Trinajstić information content (AvgIpc) is 3.12. The molecule has 1 amide bonds. The highest BCUT2D eigenvalue weighted by Gasteiger charge is 2.20. The molecule has 0 saturated heterocycles. The van der Waals surface area contributed by atoms with Crippen LogP contribution in [0.4, 0.5) is 0 Å². The molecule has 0 radical (unpaired) electrons. The molecule has 6 heteroatoms. The minimum absolute atomic E-state index is 0. The zero-order chi connectivity index (χ0) is 19.2. The van der Waals surface area contributed by atoms with Gasteiger partial charge in [0.05, 0.1) is 13.2 Å². The predicted molar refractivity (Wildman–Crippen MR) is 116 cm³/mol. The fourth-order valence-electron chi connectivity index (χ4n) is 3.40. The van der Waals surface area contributed by atoms with E-state index in [4.69, 9.17) is 10.5 Å². The number of ether oxygens (including phenoxy) is 1. The van der Waals surface area contributed by atoms with E-state index < -0.39 is 6.04 Å². The number of carbonyl (C=O) groups is 1. The third-order valence-corrected chi connectivity index (χ3v) is 4.93. The maximum Gasteiger partial charge on any atom is 0.236 e. The Kier molecular flexibility index (Phi) is 7.91. The van der Waals surface area contributed by atoms with Crippen LogP contribution in [0.5, 0.6) is 5.75 Å². The number of benzene rings is 2. The van der Waals surface area contributed by atoms with Gasteiger partial charge in [-0.1, -0.05) is 43.7 Å². The van der Waals surface area contributed by atoms with Gasteiger partial charge in [-0.15, -0.1) is 12.4 Å². The predicted octanol–water partition coefficient (Wildman–Crippen LogP) is 3.97. The topological polar surface area (TPSA) is 80.1 Å². The number of fused-ring (bicyclic) bond motifs is 1. The summed E-state index contributed by atoms with van der Waals surface area (Å²) in [6.45, 7) is 2.52. The van der Waals surface area contributed by atoms with Crippen molar-refractivity contribution in [2.45, 2.75) is 31.7 Å². The third-order valence-electron chi connectivity index (χ3n) is 4.93. The van der Waals surface area contributed by atoms with Gasteiger partial charge in [0, 0.05) is 29.6 Å². The Labute approximate surface area is 172 Å². The maximum absolute atomic E-state index is 12.3. The molecular formula is C22H28ClN3O2. The van der Waals surface area contributed by atoms with Gasteiger partial charge in [-0.3, -0.25) is 4.79 Å². The Morgan fingerprint density at radius 1 is 1.18 bits per heavy atom. The minimum Gasteiger partial charge on any atom is -0.497 e. The van der Waals surface area contributed by atoms with E-state index in [2.05, 4.69) is 22.4 Å². The van der Waals surface area contributed by atoms with Crippen LogP contribution in [0.1, 0.15) is 36.8 Å². The summed E-state index contributed by atoms with van der Waals surface area (Å²) >= 11 is 0. The highest BCUT2D eigenvalue weighted by atomic mass is 35.5. The van der Waals surface area contributed by atoms with E-state index in [1.54, 1.807) is 7.11 Å². The number of hydrogen-bond acceptors (Lipinski definition) is 3. The number of aromatic amines is 1. The Morgan fingerprint density at radius 3 is 2.57 bits per heavy atom. The molecule has 5 nitrogen and oxygen atoms in total. The molecule has 0 fully saturated rings. The largest absolute Gasteiger partial charge is 0.497 e. The minimum atomic E-state index is -0.463. The molecule has 0 bridgehead atoms. The fourth-order valence-corrected chi connectivity index (χ4v) is 3.40. The second kappa shape index (κ2) is 10.2. The average molecular weight is 402 g/mol. The summed E-state index contributed by atoms with van der Waals surface area (Å²) in [5, 5.41) is 4.20. The number of methoxy groups -OCH3 is 1. The monoisotopic (exact) mass is 401 g/mol. The third kappa shape index (κ3) is 4.86. The van der Waals surface area contributed by atoms with Crippen molar-refractivity contribution in [1.29, 1.82) is 0 Å². The first-order valence-electron chi connectivity index (χ1n) is 9.37. The molecule has 28 heavy (non-hydrogen) atoms. The lowest BCUT2D eigenvalue weighted by Gasteiger charge is -2.20. The van der Waals surface area contributed by atoms with Crippen LogP contribution in [0.3, 0.4) is 0 Å². The number of aromatic nitrogens is 1. The summed E-state index contributed by atoms with van der Waals surface area (Å²) < 4.78 is 5.27. The number of carbonyl (C=O) groups excluding carboxylic acids is 1. The highest BCUT2D eigenvalue weighted by Crippen LogP contribution is 2.31. The lowest BCUT2D eigenvalue weighted by atomic mass is 9.90. The molecule has 3 aromatic rings. The Morgan fingerprint density at radius 2 is 1.89 bits per heavy atom. The molecule has 0 aliphatic carbocycles. The lowest BCUT2D eigenvalue weighted by molar-refractivity contribution is -0.122. The lowest BCUT2D eigenvalue weighted by Crippen LogP contribution is -2.42. The molecule has 0 aliphatic heterocycles. The van der Waals surface area contributed by atoms with Gasteiger partial charge in [0.2, 0.25) is 5.91 Å². The molecule has 2 atom stereocenters. The molecule has 2 aromatic carbocycles. The number of para-hydroxylation sites is 1. The smallest absolute Gasteiger partial charge is 0.236 e. The zero-order valence-electron chi connectivity index (χ0n) is 16.3. The van der Waals surface area contributed by atoms with Gasteiger partial charge < -0.3 is 20.8 Å². The number of H-pyrrole nitrogens is 1. The first kappa shape index (κ1) is 21.8. The van der Waals surface area contributed by atoms with E-state index in [1.165, 1.54) is 0 Å². The van der Waals surface area contributed by atoms with E-state index in [0.717, 1.165) is 34.2 Å². The fraction of sp³-hybridized carbons (Fsp3) is 0.318. The van der Waals surface area contributed by atoms with Crippen molar-refractivity contribution in [3.8, 4) is 5.75 Å². The van der Waals surface area contributed by atoms with Gasteiger partial charge in [-0.2, -0.15) is 0 Å². The van der Waals surface area contributed by atoms with E-state index in [9.17, 15) is 4.79 Å². The highest BCUT2D eigenvalue weighted by molar-refractivity contribution is 5.85.